The molecule has 0 aromatic heterocycles. The van der Waals surface area contributed by atoms with Gasteiger partial charge in [0, 0.05) is 6.07 Å². The molecule has 3 nitrogen and oxygen atoms in total. The Morgan fingerprint density at radius 1 is 1.05 bits per heavy atom. The van der Waals surface area contributed by atoms with Crippen molar-refractivity contribution in [1.82, 2.24) is 0 Å². The number of aryl methyl sites for hydroxylation is 1. The summed E-state index contributed by atoms with van der Waals surface area (Å²) < 4.78 is 10.9. The molecule has 0 saturated heterocycles. The van der Waals surface area contributed by atoms with Crippen molar-refractivity contribution < 1.29 is 14.6 Å². The van der Waals surface area contributed by atoms with Crippen LogP contribution < -0.4 is 9.47 Å². The second-order valence-corrected chi connectivity index (χ2v) is 4.39. The fourth-order valence-corrected chi connectivity index (χ4v) is 1.86. The second kappa shape index (κ2) is 6.25. The summed E-state index contributed by atoms with van der Waals surface area (Å²) >= 11 is 0. The minimum atomic E-state index is -0.0298. The summed E-state index contributed by atoms with van der Waals surface area (Å²) in [6.45, 7) is 2.53. The fraction of sp³-hybridized carbons (Fsp3) is 0.250. The maximum atomic E-state index is 9.20. The van der Waals surface area contributed by atoms with E-state index in [1.807, 2.05) is 30.3 Å². The molecule has 0 fully saturated rings. The first-order chi connectivity index (χ1) is 9.22. The van der Waals surface area contributed by atoms with Crippen molar-refractivity contribution in [3.05, 3.63) is 59.2 Å². The van der Waals surface area contributed by atoms with Gasteiger partial charge in [-0.05, 0) is 35.7 Å². The monoisotopic (exact) mass is 258 g/mol. The van der Waals surface area contributed by atoms with Gasteiger partial charge >= 0.3 is 0 Å². The summed E-state index contributed by atoms with van der Waals surface area (Å²) in [6.07, 6.45) is 0. The van der Waals surface area contributed by atoms with Crippen LogP contribution in [0.4, 0.5) is 0 Å². The summed E-state index contributed by atoms with van der Waals surface area (Å²) in [6, 6.07) is 13.5. The molecular weight excluding hydrogens is 240 g/mol. The highest BCUT2D eigenvalue weighted by Gasteiger charge is 2.03. The number of ether oxygens (including phenoxy) is 2. The topological polar surface area (TPSA) is 38.7 Å². The molecule has 2 aromatic rings. The van der Waals surface area contributed by atoms with E-state index in [1.54, 1.807) is 13.2 Å². The van der Waals surface area contributed by atoms with Gasteiger partial charge in [-0.3, -0.25) is 0 Å². The molecule has 0 saturated carbocycles. The van der Waals surface area contributed by atoms with Gasteiger partial charge in [-0.1, -0.05) is 24.3 Å². The predicted octanol–water partition coefficient (Wildman–Crippen LogP) is 3.07. The van der Waals surface area contributed by atoms with Crippen LogP contribution in [0.1, 0.15) is 16.7 Å². The Morgan fingerprint density at radius 2 is 1.79 bits per heavy atom. The van der Waals surface area contributed by atoms with Crippen LogP contribution in [0.25, 0.3) is 0 Å². The maximum Gasteiger partial charge on any atom is 0.123 e. The van der Waals surface area contributed by atoms with E-state index in [0.29, 0.717) is 18.1 Å². The van der Waals surface area contributed by atoms with E-state index in [2.05, 4.69) is 13.0 Å². The Labute approximate surface area is 113 Å². The van der Waals surface area contributed by atoms with Gasteiger partial charge in [0.1, 0.15) is 18.1 Å². The Morgan fingerprint density at radius 3 is 2.47 bits per heavy atom. The molecule has 19 heavy (non-hydrogen) atoms. The van der Waals surface area contributed by atoms with E-state index in [4.69, 9.17) is 9.47 Å². The van der Waals surface area contributed by atoms with Crippen molar-refractivity contribution in [2.45, 2.75) is 20.1 Å². The number of rotatable bonds is 5. The van der Waals surface area contributed by atoms with Gasteiger partial charge in [-0.15, -0.1) is 0 Å². The van der Waals surface area contributed by atoms with Crippen molar-refractivity contribution >= 4 is 0 Å². The Bertz CT molecular complexity index is 527. The minimum absolute atomic E-state index is 0.0298. The van der Waals surface area contributed by atoms with Crippen LogP contribution in [0.5, 0.6) is 11.5 Å². The van der Waals surface area contributed by atoms with Gasteiger partial charge in [0.25, 0.3) is 0 Å². The summed E-state index contributed by atoms with van der Waals surface area (Å²) in [5.74, 6) is 1.39. The average molecular weight is 258 g/mol. The van der Waals surface area contributed by atoms with E-state index < -0.39 is 0 Å². The molecule has 2 rings (SSSR count). The third-order valence-electron chi connectivity index (χ3n) is 3.01. The highest BCUT2D eigenvalue weighted by molar-refractivity contribution is 5.38. The van der Waals surface area contributed by atoms with Gasteiger partial charge in [0.2, 0.25) is 0 Å². The Hall–Kier alpha value is -2.00. The zero-order chi connectivity index (χ0) is 13.7. The number of hydrogen-bond donors (Lipinski definition) is 1. The summed E-state index contributed by atoms with van der Waals surface area (Å²) in [5.41, 5.74) is 3.13. The molecule has 100 valence electrons. The molecule has 0 amide bonds. The van der Waals surface area contributed by atoms with Gasteiger partial charge in [-0.25, -0.2) is 0 Å². The normalized spacial score (nSPS) is 10.3. The van der Waals surface area contributed by atoms with Crippen molar-refractivity contribution in [2.75, 3.05) is 7.11 Å². The highest BCUT2D eigenvalue weighted by Crippen LogP contribution is 2.24. The van der Waals surface area contributed by atoms with E-state index in [-0.39, 0.29) is 6.61 Å². The van der Waals surface area contributed by atoms with Crippen LogP contribution in [0.2, 0.25) is 0 Å². The van der Waals surface area contributed by atoms with Gasteiger partial charge in [0.05, 0.1) is 13.7 Å². The van der Waals surface area contributed by atoms with Gasteiger partial charge in [0.15, 0.2) is 0 Å². The van der Waals surface area contributed by atoms with E-state index in [0.717, 1.165) is 11.1 Å². The third-order valence-corrected chi connectivity index (χ3v) is 3.01. The molecule has 0 heterocycles. The molecule has 3 heteroatoms. The lowest BCUT2D eigenvalue weighted by Gasteiger charge is -2.11. The molecule has 2 aromatic carbocycles. The fourth-order valence-electron chi connectivity index (χ4n) is 1.86. The molecule has 0 bridgehead atoms. The lowest BCUT2D eigenvalue weighted by atomic mass is 10.1. The smallest absolute Gasteiger partial charge is 0.123 e. The largest absolute Gasteiger partial charge is 0.497 e. The predicted molar refractivity (Wildman–Crippen MR) is 74.4 cm³/mol. The van der Waals surface area contributed by atoms with Crippen LogP contribution in [0, 0.1) is 6.92 Å². The van der Waals surface area contributed by atoms with Crippen molar-refractivity contribution in [3.63, 3.8) is 0 Å². The van der Waals surface area contributed by atoms with Crippen LogP contribution in [0.3, 0.4) is 0 Å². The first kappa shape index (κ1) is 13.4. The number of benzene rings is 2. The number of aliphatic hydroxyl groups is 1. The molecule has 0 radical (unpaired) electrons. The Kier molecular flexibility index (Phi) is 4.42. The number of hydrogen-bond acceptors (Lipinski definition) is 3. The van der Waals surface area contributed by atoms with Crippen LogP contribution in [-0.4, -0.2) is 12.2 Å². The first-order valence-electron chi connectivity index (χ1n) is 6.19. The van der Waals surface area contributed by atoms with E-state index in [9.17, 15) is 5.11 Å². The van der Waals surface area contributed by atoms with Gasteiger partial charge in [-0.2, -0.15) is 0 Å². The van der Waals surface area contributed by atoms with E-state index in [1.165, 1.54) is 5.56 Å². The average Bonchev–Trinajstić information content (AvgIpc) is 2.46. The quantitative estimate of drug-likeness (QED) is 0.895. The van der Waals surface area contributed by atoms with Crippen molar-refractivity contribution in [1.29, 1.82) is 0 Å². The highest BCUT2D eigenvalue weighted by atomic mass is 16.5. The van der Waals surface area contributed by atoms with Crippen LogP contribution >= 0.6 is 0 Å². The van der Waals surface area contributed by atoms with Crippen LogP contribution in [-0.2, 0) is 13.2 Å². The molecule has 0 unspecified atom stereocenters. The third kappa shape index (κ3) is 3.48. The molecule has 0 aliphatic carbocycles. The van der Waals surface area contributed by atoms with Crippen molar-refractivity contribution in [3.8, 4) is 11.5 Å². The molecule has 0 aliphatic heterocycles. The SMILES string of the molecule is COc1cc(CO)cc(OCc2ccccc2C)c1. The van der Waals surface area contributed by atoms with E-state index >= 15 is 0 Å². The summed E-state index contributed by atoms with van der Waals surface area (Å²) in [5, 5.41) is 9.20. The summed E-state index contributed by atoms with van der Waals surface area (Å²) in [4.78, 5) is 0. The molecule has 0 aliphatic rings. The first-order valence-corrected chi connectivity index (χ1v) is 6.19. The Balaban J connectivity index is 2.13. The molecular formula is C16H18O3. The molecule has 1 N–H and O–H groups in total. The van der Waals surface area contributed by atoms with Crippen molar-refractivity contribution in [2.24, 2.45) is 0 Å². The zero-order valence-corrected chi connectivity index (χ0v) is 11.2. The lowest BCUT2D eigenvalue weighted by Crippen LogP contribution is -1.99. The zero-order valence-electron chi connectivity index (χ0n) is 11.2. The van der Waals surface area contributed by atoms with Crippen LogP contribution in [0.15, 0.2) is 42.5 Å². The number of aliphatic hydroxyl groups excluding tert-OH is 1. The number of methoxy groups -OCH3 is 1. The second-order valence-electron chi connectivity index (χ2n) is 4.39. The van der Waals surface area contributed by atoms with Gasteiger partial charge < -0.3 is 14.6 Å². The minimum Gasteiger partial charge on any atom is -0.497 e. The summed E-state index contributed by atoms with van der Waals surface area (Å²) in [7, 11) is 1.60. The standard InChI is InChI=1S/C16H18O3/c1-12-5-3-4-6-14(12)11-19-16-8-13(10-17)7-15(9-16)18-2/h3-9,17H,10-11H2,1-2H3. The lowest BCUT2D eigenvalue weighted by molar-refractivity contribution is 0.276. The molecule has 0 spiro atoms. The molecule has 0 atom stereocenters. The maximum absolute atomic E-state index is 9.20.